The van der Waals surface area contributed by atoms with Crippen LogP contribution in [0, 0.1) is 5.41 Å². The maximum Gasteiger partial charge on any atom is 0.0743 e. The van der Waals surface area contributed by atoms with E-state index < -0.39 is 0 Å². The molecule has 0 unspecified atom stereocenters. The molecule has 2 heteroatoms. The molecule has 0 saturated heterocycles. The summed E-state index contributed by atoms with van der Waals surface area (Å²) in [7, 11) is 0. The quantitative estimate of drug-likeness (QED) is 0.612. The van der Waals surface area contributed by atoms with Crippen LogP contribution in [0.15, 0.2) is 70.1 Å². The van der Waals surface area contributed by atoms with Crippen molar-refractivity contribution in [3.63, 3.8) is 0 Å². The molecular weight excluding hydrogens is 184 g/mol. The second-order valence-electron chi connectivity index (χ2n) is 4.32. The Morgan fingerprint density at radius 3 is 1.60 bits per heavy atom. The first-order valence-corrected chi connectivity index (χ1v) is 5.06. The van der Waals surface area contributed by atoms with E-state index in [2.05, 4.69) is 36.5 Å². The Morgan fingerprint density at radius 1 is 0.733 bits per heavy atom. The molecule has 4 aliphatic rings. The minimum absolute atomic E-state index is 0.103. The molecule has 4 N–H and O–H groups in total. The summed E-state index contributed by atoms with van der Waals surface area (Å²) >= 11 is 0. The van der Waals surface area contributed by atoms with E-state index >= 15 is 0 Å². The van der Waals surface area contributed by atoms with Gasteiger partial charge in [-0.05, 0) is 22.3 Å². The lowest BCUT2D eigenvalue weighted by Crippen LogP contribution is -2.18. The van der Waals surface area contributed by atoms with E-state index in [1.54, 1.807) is 0 Å². The highest BCUT2D eigenvalue weighted by molar-refractivity contribution is 5.80. The second kappa shape index (κ2) is 1.87. The predicted molar refractivity (Wildman–Crippen MR) is 59.3 cm³/mol. The summed E-state index contributed by atoms with van der Waals surface area (Å²) in [5.41, 5.74) is 18.4. The van der Waals surface area contributed by atoms with Gasteiger partial charge in [0.25, 0.3) is 0 Å². The van der Waals surface area contributed by atoms with Gasteiger partial charge in [-0.15, -0.1) is 0 Å². The molecule has 0 aliphatic heterocycles. The standard InChI is InChI=1S/C13H10N2/c14-11-9-5-6-10(12(11)15)13(9)7-1-2-8(13)4-3-7/h1-6H,14-15H2. The Bertz CT molecular complexity index is 540. The van der Waals surface area contributed by atoms with Crippen LogP contribution >= 0.6 is 0 Å². The van der Waals surface area contributed by atoms with Crippen molar-refractivity contribution in [1.29, 1.82) is 0 Å². The summed E-state index contributed by atoms with van der Waals surface area (Å²) in [6, 6.07) is 0. The molecule has 72 valence electrons. The zero-order chi connectivity index (χ0) is 10.2. The van der Waals surface area contributed by atoms with E-state index in [1.807, 2.05) is 0 Å². The van der Waals surface area contributed by atoms with Crippen LogP contribution in [0.1, 0.15) is 0 Å². The molecule has 0 radical (unpaired) electrons. The minimum Gasteiger partial charge on any atom is -0.397 e. The number of nitrogens with two attached hydrogens (primary N) is 2. The van der Waals surface area contributed by atoms with Gasteiger partial charge in [0.05, 0.1) is 16.8 Å². The Hall–Kier alpha value is -1.96. The van der Waals surface area contributed by atoms with Gasteiger partial charge in [-0.25, -0.2) is 0 Å². The highest BCUT2D eigenvalue weighted by Gasteiger charge is 2.54. The van der Waals surface area contributed by atoms with Crippen LogP contribution in [0.25, 0.3) is 0 Å². The molecule has 0 amide bonds. The summed E-state index contributed by atoms with van der Waals surface area (Å²) in [4.78, 5) is 0. The Balaban J connectivity index is 2.14. The lowest BCUT2D eigenvalue weighted by molar-refractivity contribution is 0.732. The van der Waals surface area contributed by atoms with Gasteiger partial charge in [0.2, 0.25) is 0 Å². The molecule has 15 heavy (non-hydrogen) atoms. The molecule has 0 heterocycles. The first-order chi connectivity index (χ1) is 7.26. The van der Waals surface area contributed by atoms with Crippen molar-refractivity contribution in [3.05, 3.63) is 70.1 Å². The predicted octanol–water partition coefficient (Wildman–Crippen LogP) is 1.42. The largest absolute Gasteiger partial charge is 0.397 e. The van der Waals surface area contributed by atoms with Gasteiger partial charge in [-0.1, -0.05) is 36.5 Å². The van der Waals surface area contributed by atoms with E-state index in [9.17, 15) is 0 Å². The maximum atomic E-state index is 6.03. The molecule has 1 spiro atoms. The number of rotatable bonds is 0. The van der Waals surface area contributed by atoms with Gasteiger partial charge in [0.1, 0.15) is 0 Å². The van der Waals surface area contributed by atoms with Gasteiger partial charge in [0, 0.05) is 0 Å². The van der Waals surface area contributed by atoms with E-state index in [1.165, 1.54) is 11.1 Å². The minimum atomic E-state index is -0.103. The van der Waals surface area contributed by atoms with Crippen LogP contribution in [0.4, 0.5) is 0 Å². The molecule has 0 atom stereocenters. The second-order valence-corrected chi connectivity index (χ2v) is 4.32. The molecule has 4 rings (SSSR count). The molecule has 0 saturated carbocycles. The lowest BCUT2D eigenvalue weighted by Gasteiger charge is -2.25. The summed E-state index contributed by atoms with van der Waals surface area (Å²) in [5, 5.41) is 0. The average molecular weight is 194 g/mol. The van der Waals surface area contributed by atoms with Crippen molar-refractivity contribution < 1.29 is 0 Å². The van der Waals surface area contributed by atoms with E-state index in [-0.39, 0.29) is 5.41 Å². The average Bonchev–Trinajstić information content (AvgIpc) is 2.95. The number of hydrogen-bond acceptors (Lipinski definition) is 2. The fraction of sp³-hybridized carbons (Fsp3) is 0.0769. The van der Waals surface area contributed by atoms with Gasteiger partial charge in [0.15, 0.2) is 0 Å². The highest BCUT2D eigenvalue weighted by Crippen LogP contribution is 2.63. The lowest BCUT2D eigenvalue weighted by atomic mass is 9.75. The fourth-order valence-electron chi connectivity index (χ4n) is 3.19. The zero-order valence-corrected chi connectivity index (χ0v) is 8.12. The molecule has 0 fully saturated rings. The van der Waals surface area contributed by atoms with Gasteiger partial charge in [-0.3, -0.25) is 0 Å². The van der Waals surface area contributed by atoms with Crippen LogP contribution in [0.3, 0.4) is 0 Å². The summed E-state index contributed by atoms with van der Waals surface area (Å²) < 4.78 is 0. The van der Waals surface area contributed by atoms with Crippen molar-refractivity contribution in [1.82, 2.24) is 0 Å². The summed E-state index contributed by atoms with van der Waals surface area (Å²) in [6.45, 7) is 0. The highest BCUT2D eigenvalue weighted by atomic mass is 14.8. The van der Waals surface area contributed by atoms with Gasteiger partial charge in [-0.2, -0.15) is 0 Å². The van der Waals surface area contributed by atoms with Crippen LogP contribution in [-0.4, -0.2) is 0 Å². The third kappa shape index (κ3) is 0.505. The molecule has 4 bridgehead atoms. The smallest absolute Gasteiger partial charge is 0.0743 e. The SMILES string of the molecule is NC1=C2C=CC(=C1N)C21C2=CC=C1C=C2. The molecule has 4 aliphatic carbocycles. The first-order valence-electron chi connectivity index (χ1n) is 5.06. The molecule has 0 aromatic heterocycles. The van der Waals surface area contributed by atoms with Crippen molar-refractivity contribution >= 4 is 0 Å². The Labute approximate surface area is 87.6 Å². The number of allylic oxidation sites excluding steroid dienone is 10. The summed E-state index contributed by atoms with van der Waals surface area (Å²) in [5.74, 6) is 0. The fourth-order valence-corrected chi connectivity index (χ4v) is 3.19. The van der Waals surface area contributed by atoms with Crippen molar-refractivity contribution in [3.8, 4) is 0 Å². The van der Waals surface area contributed by atoms with Gasteiger partial charge < -0.3 is 11.5 Å². The Morgan fingerprint density at radius 2 is 1.20 bits per heavy atom. The normalized spacial score (nSPS) is 27.5. The van der Waals surface area contributed by atoms with Crippen LogP contribution in [0.5, 0.6) is 0 Å². The zero-order valence-electron chi connectivity index (χ0n) is 8.12. The summed E-state index contributed by atoms with van der Waals surface area (Å²) in [6.07, 6.45) is 12.8. The first kappa shape index (κ1) is 7.35. The third-order valence-corrected chi connectivity index (χ3v) is 3.85. The number of hydrogen-bond donors (Lipinski definition) is 2. The molecule has 2 nitrogen and oxygen atoms in total. The molecule has 0 aromatic rings. The molecule has 0 aromatic carbocycles. The third-order valence-electron chi connectivity index (χ3n) is 3.85. The Kier molecular flexibility index (Phi) is 0.914. The van der Waals surface area contributed by atoms with E-state index in [0.717, 1.165) is 22.5 Å². The van der Waals surface area contributed by atoms with Crippen LogP contribution < -0.4 is 11.5 Å². The van der Waals surface area contributed by atoms with Crippen LogP contribution in [0.2, 0.25) is 0 Å². The van der Waals surface area contributed by atoms with Gasteiger partial charge >= 0.3 is 0 Å². The maximum absolute atomic E-state index is 6.03. The van der Waals surface area contributed by atoms with E-state index in [0.29, 0.717) is 0 Å². The topological polar surface area (TPSA) is 52.0 Å². The van der Waals surface area contributed by atoms with Crippen molar-refractivity contribution in [2.75, 3.05) is 0 Å². The van der Waals surface area contributed by atoms with Crippen LogP contribution in [-0.2, 0) is 0 Å². The van der Waals surface area contributed by atoms with Crippen molar-refractivity contribution in [2.45, 2.75) is 0 Å². The monoisotopic (exact) mass is 194 g/mol. The van der Waals surface area contributed by atoms with E-state index in [4.69, 9.17) is 11.5 Å². The van der Waals surface area contributed by atoms with Crippen molar-refractivity contribution in [2.24, 2.45) is 16.9 Å². The molecular formula is C13H10N2.